The third-order valence-corrected chi connectivity index (χ3v) is 6.28. The summed E-state index contributed by atoms with van der Waals surface area (Å²) in [4.78, 5) is 25.3. The van der Waals surface area contributed by atoms with E-state index in [1.54, 1.807) is 33.0 Å². The van der Waals surface area contributed by atoms with Gasteiger partial charge < -0.3 is 24.7 Å². The number of amides is 1. The molecule has 1 aromatic heterocycles. The lowest BCUT2D eigenvalue weighted by Crippen LogP contribution is -2.33. The van der Waals surface area contributed by atoms with Gasteiger partial charge in [0, 0.05) is 29.8 Å². The molecule has 0 bridgehead atoms. The van der Waals surface area contributed by atoms with Gasteiger partial charge in [0.25, 0.3) is 0 Å². The van der Waals surface area contributed by atoms with Gasteiger partial charge in [-0.15, -0.1) is 0 Å². The summed E-state index contributed by atoms with van der Waals surface area (Å²) in [6.07, 6.45) is 7.53. The molecular weight excluding hydrogens is 425 g/mol. The number of fused-ring (bicyclic) bond motifs is 1. The van der Waals surface area contributed by atoms with E-state index >= 15 is 4.39 Å². The Balaban J connectivity index is 1.68. The van der Waals surface area contributed by atoms with Crippen LogP contribution >= 0.6 is 0 Å². The fraction of sp³-hybridized carbons (Fsp3) is 0.600. The van der Waals surface area contributed by atoms with Gasteiger partial charge in [0.1, 0.15) is 11.4 Å². The van der Waals surface area contributed by atoms with Crippen LogP contribution in [0.3, 0.4) is 0 Å². The van der Waals surface area contributed by atoms with Gasteiger partial charge in [0.05, 0.1) is 30.4 Å². The minimum atomic E-state index is -0.639. The van der Waals surface area contributed by atoms with Crippen LogP contribution in [-0.2, 0) is 16.0 Å². The largest absolute Gasteiger partial charge is 0.444 e. The molecule has 8 heteroatoms. The molecule has 33 heavy (non-hydrogen) atoms. The molecule has 1 amide bonds. The van der Waals surface area contributed by atoms with Crippen LogP contribution in [0.2, 0.25) is 0 Å². The third-order valence-electron chi connectivity index (χ3n) is 6.28. The summed E-state index contributed by atoms with van der Waals surface area (Å²) < 4.78 is 27.9. The summed E-state index contributed by atoms with van der Waals surface area (Å²) in [5, 5.41) is 6.31. The minimum absolute atomic E-state index is 0.000951. The lowest BCUT2D eigenvalue weighted by atomic mass is 9.95. The van der Waals surface area contributed by atoms with E-state index in [1.165, 1.54) is 12.5 Å². The van der Waals surface area contributed by atoms with Crippen molar-refractivity contribution in [3.05, 3.63) is 39.9 Å². The molecule has 180 valence electrons. The SMILES string of the molecule is CC(C)(C)OC(=O)NCc1cn(C2CCOC2)c2cc(NC3CCCCC3)c(F)cc2c1=O. The van der Waals surface area contributed by atoms with E-state index in [0.29, 0.717) is 35.4 Å². The molecule has 2 heterocycles. The molecule has 1 aliphatic heterocycles. The molecule has 2 fully saturated rings. The lowest BCUT2D eigenvalue weighted by Gasteiger charge is -2.25. The van der Waals surface area contributed by atoms with Crippen molar-refractivity contribution in [3.63, 3.8) is 0 Å². The Morgan fingerprint density at radius 2 is 1.97 bits per heavy atom. The second kappa shape index (κ2) is 9.71. The molecule has 1 unspecified atom stereocenters. The van der Waals surface area contributed by atoms with E-state index in [4.69, 9.17) is 9.47 Å². The molecule has 1 saturated heterocycles. The van der Waals surface area contributed by atoms with Crippen LogP contribution in [0.4, 0.5) is 14.9 Å². The summed E-state index contributed by atoms with van der Waals surface area (Å²) in [6, 6.07) is 3.37. The van der Waals surface area contributed by atoms with Gasteiger partial charge in [-0.2, -0.15) is 0 Å². The first-order valence-electron chi connectivity index (χ1n) is 11.9. The number of carbonyl (C=O) groups is 1. The van der Waals surface area contributed by atoms with Crippen molar-refractivity contribution in [2.75, 3.05) is 18.5 Å². The highest BCUT2D eigenvalue weighted by atomic mass is 19.1. The number of aromatic nitrogens is 1. The van der Waals surface area contributed by atoms with E-state index in [-0.39, 0.29) is 24.1 Å². The fourth-order valence-electron chi connectivity index (χ4n) is 4.65. The number of halogens is 1. The summed E-state index contributed by atoms with van der Waals surface area (Å²) in [5.41, 5.74) is 0.559. The average Bonchev–Trinajstić information content (AvgIpc) is 3.29. The predicted molar refractivity (Wildman–Crippen MR) is 126 cm³/mol. The van der Waals surface area contributed by atoms with E-state index < -0.39 is 17.5 Å². The quantitative estimate of drug-likeness (QED) is 0.667. The number of carbonyl (C=O) groups excluding carboxylic acids is 1. The maximum atomic E-state index is 15.1. The zero-order valence-electron chi connectivity index (χ0n) is 19.7. The number of ether oxygens (including phenoxy) is 2. The first-order chi connectivity index (χ1) is 15.7. The molecule has 1 atom stereocenters. The number of hydrogen-bond donors (Lipinski definition) is 2. The lowest BCUT2D eigenvalue weighted by molar-refractivity contribution is 0.0523. The number of rotatable bonds is 5. The third kappa shape index (κ3) is 5.66. The summed E-state index contributed by atoms with van der Waals surface area (Å²) >= 11 is 0. The normalized spacial score (nSPS) is 19.6. The Bertz CT molecular complexity index is 1060. The second-order valence-corrected chi connectivity index (χ2v) is 10.1. The number of nitrogens with zero attached hydrogens (tertiary/aromatic N) is 1. The number of benzene rings is 1. The second-order valence-electron chi connectivity index (χ2n) is 10.1. The molecule has 1 saturated carbocycles. The highest BCUT2D eigenvalue weighted by Gasteiger charge is 2.23. The summed E-state index contributed by atoms with van der Waals surface area (Å²) in [5.74, 6) is -0.434. The van der Waals surface area contributed by atoms with Crippen LogP contribution in [0.25, 0.3) is 10.9 Å². The minimum Gasteiger partial charge on any atom is -0.444 e. The first-order valence-corrected chi connectivity index (χ1v) is 11.9. The molecule has 2 aliphatic rings. The summed E-state index contributed by atoms with van der Waals surface area (Å²) in [6.45, 7) is 6.49. The monoisotopic (exact) mass is 459 g/mol. The van der Waals surface area contributed by atoms with Crippen molar-refractivity contribution in [2.45, 2.75) is 83.5 Å². The van der Waals surface area contributed by atoms with Gasteiger partial charge in [-0.25, -0.2) is 9.18 Å². The van der Waals surface area contributed by atoms with E-state index in [0.717, 1.165) is 32.1 Å². The van der Waals surface area contributed by atoms with Crippen molar-refractivity contribution in [2.24, 2.45) is 0 Å². The number of hydrogen-bond acceptors (Lipinski definition) is 5. The molecule has 2 N–H and O–H groups in total. The molecular formula is C25H34FN3O4. The predicted octanol–water partition coefficient (Wildman–Crippen LogP) is 4.87. The van der Waals surface area contributed by atoms with Crippen LogP contribution < -0.4 is 16.1 Å². The van der Waals surface area contributed by atoms with Crippen molar-refractivity contribution in [1.29, 1.82) is 0 Å². The zero-order chi connectivity index (χ0) is 23.6. The maximum Gasteiger partial charge on any atom is 0.407 e. The first kappa shape index (κ1) is 23.5. The average molecular weight is 460 g/mol. The number of anilines is 1. The van der Waals surface area contributed by atoms with Crippen LogP contribution in [0, 0.1) is 5.82 Å². The van der Waals surface area contributed by atoms with Crippen LogP contribution in [0.1, 0.15) is 70.9 Å². The highest BCUT2D eigenvalue weighted by Crippen LogP contribution is 2.29. The van der Waals surface area contributed by atoms with Gasteiger partial charge >= 0.3 is 6.09 Å². The molecule has 0 spiro atoms. The Morgan fingerprint density at radius 1 is 1.21 bits per heavy atom. The smallest absolute Gasteiger partial charge is 0.407 e. The van der Waals surface area contributed by atoms with Crippen LogP contribution in [-0.4, -0.2) is 35.5 Å². The van der Waals surface area contributed by atoms with Crippen molar-refractivity contribution >= 4 is 22.7 Å². The van der Waals surface area contributed by atoms with Crippen molar-refractivity contribution in [3.8, 4) is 0 Å². The standard InChI is InChI=1S/C25H34FN3O4/c1-25(2,3)33-24(31)27-13-16-14-29(18-9-10-32-15-18)22-12-21(20(26)11-19(22)23(16)30)28-17-7-5-4-6-8-17/h11-12,14,17-18,28H,4-10,13,15H2,1-3H3,(H,27,31). The Labute approximate surface area is 193 Å². The van der Waals surface area contributed by atoms with E-state index in [9.17, 15) is 9.59 Å². The van der Waals surface area contributed by atoms with Crippen LogP contribution in [0.15, 0.2) is 23.1 Å². The van der Waals surface area contributed by atoms with Crippen molar-refractivity contribution in [1.82, 2.24) is 9.88 Å². The molecule has 0 radical (unpaired) electrons. The number of alkyl carbamates (subject to hydrolysis) is 1. The fourth-order valence-corrected chi connectivity index (χ4v) is 4.65. The van der Waals surface area contributed by atoms with Gasteiger partial charge in [-0.3, -0.25) is 4.79 Å². The van der Waals surface area contributed by atoms with E-state index in [1.807, 2.05) is 4.57 Å². The Kier molecular flexibility index (Phi) is 6.93. The topological polar surface area (TPSA) is 81.6 Å². The van der Waals surface area contributed by atoms with Gasteiger partial charge in [-0.1, -0.05) is 19.3 Å². The Hall–Kier alpha value is -2.61. The highest BCUT2D eigenvalue weighted by molar-refractivity contribution is 5.84. The molecule has 1 aliphatic carbocycles. The molecule has 4 rings (SSSR count). The number of nitrogens with one attached hydrogen (secondary N) is 2. The Morgan fingerprint density at radius 3 is 2.64 bits per heavy atom. The zero-order valence-corrected chi connectivity index (χ0v) is 19.7. The molecule has 1 aromatic carbocycles. The maximum absolute atomic E-state index is 15.1. The van der Waals surface area contributed by atoms with Crippen LogP contribution in [0.5, 0.6) is 0 Å². The van der Waals surface area contributed by atoms with Gasteiger partial charge in [0.2, 0.25) is 0 Å². The number of pyridine rings is 1. The summed E-state index contributed by atoms with van der Waals surface area (Å²) in [7, 11) is 0. The molecule has 2 aromatic rings. The van der Waals surface area contributed by atoms with Gasteiger partial charge in [0.15, 0.2) is 5.43 Å². The van der Waals surface area contributed by atoms with E-state index in [2.05, 4.69) is 10.6 Å². The molecule has 7 nitrogen and oxygen atoms in total. The van der Waals surface area contributed by atoms with Crippen molar-refractivity contribution < 1.29 is 18.7 Å². The van der Waals surface area contributed by atoms with Gasteiger partial charge in [-0.05, 0) is 52.2 Å².